The molecule has 1 unspecified atom stereocenters. The summed E-state index contributed by atoms with van der Waals surface area (Å²) in [4.78, 5) is 18.9. The molecule has 0 aliphatic carbocycles. The Kier molecular flexibility index (Phi) is 5.56. The van der Waals surface area contributed by atoms with Crippen molar-refractivity contribution in [1.29, 1.82) is 0 Å². The molecule has 0 spiro atoms. The van der Waals surface area contributed by atoms with E-state index in [0.29, 0.717) is 48.5 Å². The topological polar surface area (TPSA) is 86.9 Å². The number of rotatable bonds is 7. The molecule has 0 bridgehead atoms. The van der Waals surface area contributed by atoms with Crippen LogP contribution in [0.1, 0.15) is 25.2 Å². The Bertz CT molecular complexity index is 1030. The Morgan fingerprint density at radius 1 is 1.10 bits per heavy atom. The van der Waals surface area contributed by atoms with Crippen molar-refractivity contribution >= 4 is 11.6 Å². The van der Waals surface area contributed by atoms with E-state index in [9.17, 15) is 4.79 Å². The number of anilines is 1. The monoisotopic (exact) mass is 409 g/mol. The molecule has 3 aromatic rings. The third-order valence-electron chi connectivity index (χ3n) is 4.97. The van der Waals surface area contributed by atoms with E-state index < -0.39 is 0 Å². The molecule has 8 nitrogen and oxygen atoms in total. The highest BCUT2D eigenvalue weighted by atomic mass is 16.5. The molecular formula is C22H23N3O5. The average molecular weight is 409 g/mol. The molecule has 2 heterocycles. The number of hydrogen-bond donors (Lipinski definition) is 0. The van der Waals surface area contributed by atoms with Crippen molar-refractivity contribution in [3.63, 3.8) is 0 Å². The van der Waals surface area contributed by atoms with Gasteiger partial charge in [-0.25, -0.2) is 0 Å². The summed E-state index contributed by atoms with van der Waals surface area (Å²) in [5, 5.41) is 4.10. The first-order valence-electron chi connectivity index (χ1n) is 9.71. The largest absolute Gasteiger partial charge is 0.497 e. The predicted molar refractivity (Wildman–Crippen MR) is 110 cm³/mol. The average Bonchev–Trinajstić information content (AvgIpc) is 3.41. The third-order valence-corrected chi connectivity index (χ3v) is 4.97. The van der Waals surface area contributed by atoms with Crippen LogP contribution in [0.15, 0.2) is 47.0 Å². The lowest BCUT2D eigenvalue weighted by atomic mass is 10.1. The first-order valence-corrected chi connectivity index (χ1v) is 9.71. The highest BCUT2D eigenvalue weighted by molar-refractivity contribution is 5.96. The lowest BCUT2D eigenvalue weighted by Crippen LogP contribution is -2.24. The normalized spacial score (nSPS) is 16.0. The van der Waals surface area contributed by atoms with Crippen molar-refractivity contribution < 1.29 is 23.5 Å². The smallest absolute Gasteiger partial charge is 0.232 e. The second kappa shape index (κ2) is 8.44. The standard InChI is InChI=1S/C22H23N3O5/c1-4-29-17-7-5-6-14(8-17)21-23-22(30-24-21)15-9-20(26)25(13-15)16-10-18(27-2)12-19(11-16)28-3/h5-8,10-12,15H,4,9,13H2,1-3H3. The molecule has 8 heteroatoms. The molecular weight excluding hydrogens is 386 g/mol. The summed E-state index contributed by atoms with van der Waals surface area (Å²) in [5.74, 6) is 2.69. The van der Waals surface area contributed by atoms with Gasteiger partial charge in [0, 0.05) is 36.7 Å². The maximum absolute atomic E-state index is 12.7. The van der Waals surface area contributed by atoms with E-state index in [1.807, 2.05) is 31.2 Å². The van der Waals surface area contributed by atoms with E-state index in [1.165, 1.54) is 0 Å². The van der Waals surface area contributed by atoms with E-state index in [4.69, 9.17) is 18.7 Å². The minimum atomic E-state index is -0.189. The van der Waals surface area contributed by atoms with E-state index in [2.05, 4.69) is 10.1 Å². The summed E-state index contributed by atoms with van der Waals surface area (Å²) >= 11 is 0. The Balaban J connectivity index is 1.55. The van der Waals surface area contributed by atoms with Crippen LogP contribution in [0.4, 0.5) is 5.69 Å². The first kappa shape index (κ1) is 19.8. The molecule has 1 aliphatic rings. The first-order chi connectivity index (χ1) is 14.6. The van der Waals surface area contributed by atoms with Gasteiger partial charge in [0.2, 0.25) is 17.6 Å². The van der Waals surface area contributed by atoms with Crippen LogP contribution in [0.2, 0.25) is 0 Å². The number of carbonyl (C=O) groups excluding carboxylic acids is 1. The van der Waals surface area contributed by atoms with E-state index >= 15 is 0 Å². The van der Waals surface area contributed by atoms with Gasteiger partial charge >= 0.3 is 0 Å². The van der Waals surface area contributed by atoms with Gasteiger partial charge in [0.05, 0.1) is 32.4 Å². The van der Waals surface area contributed by atoms with Crippen molar-refractivity contribution in [2.45, 2.75) is 19.3 Å². The van der Waals surface area contributed by atoms with Gasteiger partial charge in [0.15, 0.2) is 0 Å². The van der Waals surface area contributed by atoms with Gasteiger partial charge in [-0.05, 0) is 19.1 Å². The molecule has 1 aliphatic heterocycles. The minimum absolute atomic E-state index is 0.0200. The number of methoxy groups -OCH3 is 2. The number of carbonyl (C=O) groups is 1. The fourth-order valence-corrected chi connectivity index (χ4v) is 3.48. The quantitative estimate of drug-likeness (QED) is 0.588. The molecule has 4 rings (SSSR count). The van der Waals surface area contributed by atoms with Crippen LogP contribution >= 0.6 is 0 Å². The fraction of sp³-hybridized carbons (Fsp3) is 0.318. The maximum atomic E-state index is 12.7. The highest BCUT2D eigenvalue weighted by Crippen LogP contribution is 2.35. The molecule has 0 N–H and O–H groups in total. The van der Waals surface area contributed by atoms with Crippen LogP contribution in [0.25, 0.3) is 11.4 Å². The van der Waals surface area contributed by atoms with Gasteiger partial charge < -0.3 is 23.6 Å². The molecule has 1 atom stereocenters. The molecule has 156 valence electrons. The molecule has 1 saturated heterocycles. The van der Waals surface area contributed by atoms with Gasteiger partial charge in [-0.3, -0.25) is 4.79 Å². The molecule has 0 saturated carbocycles. The summed E-state index contributed by atoms with van der Waals surface area (Å²) in [5.41, 5.74) is 1.51. The number of hydrogen-bond acceptors (Lipinski definition) is 7. The van der Waals surface area contributed by atoms with Crippen molar-refractivity contribution in [2.75, 3.05) is 32.3 Å². The second-order valence-electron chi connectivity index (χ2n) is 6.89. The summed E-state index contributed by atoms with van der Waals surface area (Å²) in [6.07, 6.45) is 0.292. The molecule has 1 aromatic heterocycles. The molecule has 30 heavy (non-hydrogen) atoms. The van der Waals surface area contributed by atoms with Gasteiger partial charge in [-0.1, -0.05) is 17.3 Å². The number of benzene rings is 2. The Hall–Kier alpha value is -3.55. The van der Waals surface area contributed by atoms with Crippen LogP contribution in [-0.2, 0) is 4.79 Å². The maximum Gasteiger partial charge on any atom is 0.232 e. The summed E-state index contributed by atoms with van der Waals surface area (Å²) in [7, 11) is 3.15. The Labute approximate surface area is 174 Å². The van der Waals surface area contributed by atoms with E-state index in [1.54, 1.807) is 37.3 Å². The third kappa shape index (κ3) is 3.94. The van der Waals surface area contributed by atoms with Crippen LogP contribution in [-0.4, -0.2) is 43.4 Å². The van der Waals surface area contributed by atoms with E-state index in [0.717, 1.165) is 11.3 Å². The lowest BCUT2D eigenvalue weighted by molar-refractivity contribution is -0.117. The number of aromatic nitrogens is 2. The number of nitrogens with zero attached hydrogens (tertiary/aromatic N) is 3. The summed E-state index contributed by atoms with van der Waals surface area (Å²) < 4.78 is 21.7. The zero-order valence-electron chi connectivity index (χ0n) is 17.1. The van der Waals surface area contributed by atoms with Crippen LogP contribution in [0.5, 0.6) is 17.2 Å². The second-order valence-corrected chi connectivity index (χ2v) is 6.89. The zero-order valence-corrected chi connectivity index (χ0v) is 17.1. The van der Waals surface area contributed by atoms with Crippen LogP contribution in [0, 0.1) is 0 Å². The van der Waals surface area contributed by atoms with Crippen molar-refractivity contribution in [3.8, 4) is 28.6 Å². The molecule has 2 aromatic carbocycles. The Morgan fingerprint density at radius 2 is 1.87 bits per heavy atom. The van der Waals surface area contributed by atoms with Crippen LogP contribution in [0.3, 0.4) is 0 Å². The van der Waals surface area contributed by atoms with Gasteiger partial charge in [0.25, 0.3) is 0 Å². The molecule has 1 amide bonds. The van der Waals surface area contributed by atoms with Crippen LogP contribution < -0.4 is 19.1 Å². The van der Waals surface area contributed by atoms with Crippen molar-refractivity contribution in [1.82, 2.24) is 10.1 Å². The van der Waals surface area contributed by atoms with Gasteiger partial charge in [-0.15, -0.1) is 0 Å². The van der Waals surface area contributed by atoms with E-state index in [-0.39, 0.29) is 11.8 Å². The Morgan fingerprint density at radius 3 is 2.57 bits per heavy atom. The summed E-state index contributed by atoms with van der Waals surface area (Å²) in [6.45, 7) is 2.95. The fourth-order valence-electron chi connectivity index (χ4n) is 3.48. The lowest BCUT2D eigenvalue weighted by Gasteiger charge is -2.18. The van der Waals surface area contributed by atoms with Gasteiger partial charge in [0.1, 0.15) is 17.2 Å². The SMILES string of the molecule is CCOc1cccc(-c2noc(C3CC(=O)N(c4cc(OC)cc(OC)c4)C3)n2)c1. The summed E-state index contributed by atoms with van der Waals surface area (Å²) in [6, 6.07) is 12.9. The van der Waals surface area contributed by atoms with Gasteiger partial charge in [-0.2, -0.15) is 4.98 Å². The van der Waals surface area contributed by atoms with Crippen molar-refractivity contribution in [3.05, 3.63) is 48.4 Å². The zero-order chi connectivity index (χ0) is 21.1. The minimum Gasteiger partial charge on any atom is -0.497 e. The number of ether oxygens (including phenoxy) is 3. The number of amides is 1. The highest BCUT2D eigenvalue weighted by Gasteiger charge is 2.35. The predicted octanol–water partition coefficient (Wildman–Crippen LogP) is 3.67. The molecule has 0 radical (unpaired) electrons. The molecule has 1 fully saturated rings. The van der Waals surface area contributed by atoms with Crippen molar-refractivity contribution in [2.24, 2.45) is 0 Å².